The molecule has 1 N–H and O–H groups in total. The highest BCUT2D eigenvalue weighted by Gasteiger charge is 2.31. The molecule has 150 valence electrons. The molecule has 1 saturated carbocycles. The van der Waals surface area contributed by atoms with Crippen molar-refractivity contribution in [3.8, 4) is 0 Å². The van der Waals surface area contributed by atoms with Crippen LogP contribution >= 0.6 is 0 Å². The molecular weight excluding hydrogens is 338 g/mol. The van der Waals surface area contributed by atoms with Crippen LogP contribution in [0.5, 0.6) is 0 Å². The fourth-order valence-corrected chi connectivity index (χ4v) is 3.08. The fourth-order valence-electron chi connectivity index (χ4n) is 3.08. The lowest BCUT2D eigenvalue weighted by Crippen LogP contribution is -2.44. The summed E-state index contributed by atoms with van der Waals surface area (Å²) >= 11 is 0. The number of nitrogens with zero attached hydrogens (tertiary/aromatic N) is 2. The summed E-state index contributed by atoms with van der Waals surface area (Å²) in [5.74, 6) is 0.415. The normalized spacial score (nSPS) is 15.2. The van der Waals surface area contributed by atoms with Crippen molar-refractivity contribution >= 4 is 23.2 Å². The highest BCUT2D eigenvalue weighted by Crippen LogP contribution is 2.32. The zero-order chi connectivity index (χ0) is 20.4. The first-order chi connectivity index (χ1) is 12.5. The van der Waals surface area contributed by atoms with Gasteiger partial charge in [-0.2, -0.15) is 0 Å². The smallest absolute Gasteiger partial charge is 0.228 e. The van der Waals surface area contributed by atoms with Crippen molar-refractivity contribution in [1.29, 1.82) is 0 Å². The standard InChI is InChI=1S/C22H35N3O2/c1-8-15(2)25(21(27)22(3,4)5)14-17-13-18(11-12-19(17)24(6)7)23-20(26)16-9-10-16/h11-13,15-16H,8-10,14H2,1-7H3,(H,23,26)/t15-/m0/s1. The van der Waals surface area contributed by atoms with Crippen LogP contribution in [0.1, 0.15) is 59.4 Å². The Bertz CT molecular complexity index is 687. The molecule has 0 aliphatic heterocycles. The van der Waals surface area contributed by atoms with Gasteiger partial charge in [0.1, 0.15) is 0 Å². The van der Waals surface area contributed by atoms with Gasteiger partial charge in [0, 0.05) is 49.4 Å². The third-order valence-corrected chi connectivity index (χ3v) is 5.14. The second-order valence-corrected chi connectivity index (χ2v) is 8.94. The second-order valence-electron chi connectivity index (χ2n) is 8.94. The van der Waals surface area contributed by atoms with Gasteiger partial charge in [-0.3, -0.25) is 9.59 Å². The van der Waals surface area contributed by atoms with E-state index in [1.165, 1.54) is 0 Å². The molecule has 0 aromatic heterocycles. The lowest BCUT2D eigenvalue weighted by Gasteiger charge is -2.35. The third-order valence-electron chi connectivity index (χ3n) is 5.14. The molecule has 1 aromatic rings. The van der Waals surface area contributed by atoms with Crippen molar-refractivity contribution in [3.63, 3.8) is 0 Å². The van der Waals surface area contributed by atoms with E-state index < -0.39 is 5.41 Å². The predicted octanol–water partition coefficient (Wildman–Crippen LogP) is 4.27. The van der Waals surface area contributed by atoms with Crippen LogP contribution in [-0.2, 0) is 16.1 Å². The highest BCUT2D eigenvalue weighted by molar-refractivity contribution is 5.94. The molecule has 0 unspecified atom stereocenters. The van der Waals surface area contributed by atoms with Gasteiger partial charge in [0.25, 0.3) is 0 Å². The number of carbonyl (C=O) groups is 2. The number of hydrogen-bond donors (Lipinski definition) is 1. The van der Waals surface area contributed by atoms with Gasteiger partial charge < -0.3 is 15.1 Å². The minimum absolute atomic E-state index is 0.100. The van der Waals surface area contributed by atoms with Crippen LogP contribution in [0, 0.1) is 11.3 Å². The van der Waals surface area contributed by atoms with Gasteiger partial charge >= 0.3 is 0 Å². The van der Waals surface area contributed by atoms with Gasteiger partial charge in [-0.25, -0.2) is 0 Å². The van der Waals surface area contributed by atoms with Crippen molar-refractivity contribution in [2.24, 2.45) is 11.3 Å². The molecule has 0 heterocycles. The van der Waals surface area contributed by atoms with E-state index in [2.05, 4.69) is 24.1 Å². The summed E-state index contributed by atoms with van der Waals surface area (Å²) in [5.41, 5.74) is 2.49. The average molecular weight is 374 g/mol. The average Bonchev–Trinajstić information content (AvgIpc) is 3.42. The molecule has 5 nitrogen and oxygen atoms in total. The van der Waals surface area contributed by atoms with E-state index in [-0.39, 0.29) is 23.8 Å². The Labute approximate surface area is 164 Å². The Hall–Kier alpha value is -2.04. The molecule has 1 fully saturated rings. The Morgan fingerprint density at radius 1 is 1.22 bits per heavy atom. The molecule has 5 heteroatoms. The number of anilines is 2. The first-order valence-electron chi connectivity index (χ1n) is 9.96. The molecule has 1 aromatic carbocycles. The number of amides is 2. The molecular formula is C22H35N3O2. The molecule has 0 saturated heterocycles. The largest absolute Gasteiger partial charge is 0.377 e. The zero-order valence-electron chi connectivity index (χ0n) is 17.9. The van der Waals surface area contributed by atoms with Crippen molar-refractivity contribution < 1.29 is 9.59 Å². The SMILES string of the molecule is CC[C@H](C)N(Cc1cc(NC(=O)C2CC2)ccc1N(C)C)C(=O)C(C)(C)C. The number of carbonyl (C=O) groups excluding carboxylic acids is 2. The number of nitrogens with one attached hydrogen (secondary N) is 1. The van der Waals surface area contributed by atoms with Crippen molar-refractivity contribution in [2.75, 3.05) is 24.3 Å². The van der Waals surface area contributed by atoms with Crippen LogP contribution in [0.15, 0.2) is 18.2 Å². The van der Waals surface area contributed by atoms with Crippen LogP contribution in [0.4, 0.5) is 11.4 Å². The second kappa shape index (κ2) is 8.32. The summed E-state index contributed by atoms with van der Waals surface area (Å²) in [6, 6.07) is 6.13. The topological polar surface area (TPSA) is 52.7 Å². The molecule has 0 radical (unpaired) electrons. The van der Waals surface area contributed by atoms with Gasteiger partial charge in [-0.05, 0) is 49.9 Å². The third kappa shape index (κ3) is 5.47. The lowest BCUT2D eigenvalue weighted by atomic mass is 9.93. The Morgan fingerprint density at radius 2 is 1.85 bits per heavy atom. The number of rotatable bonds is 7. The molecule has 1 atom stereocenters. The van der Waals surface area contributed by atoms with Crippen LogP contribution < -0.4 is 10.2 Å². The van der Waals surface area contributed by atoms with E-state index in [4.69, 9.17) is 0 Å². The van der Waals surface area contributed by atoms with E-state index in [9.17, 15) is 9.59 Å². The van der Waals surface area contributed by atoms with Crippen molar-refractivity contribution in [3.05, 3.63) is 23.8 Å². The van der Waals surface area contributed by atoms with Crippen LogP contribution in [-0.4, -0.2) is 36.9 Å². The van der Waals surface area contributed by atoms with E-state index in [0.29, 0.717) is 6.54 Å². The predicted molar refractivity (Wildman–Crippen MR) is 112 cm³/mol. The van der Waals surface area contributed by atoms with E-state index >= 15 is 0 Å². The van der Waals surface area contributed by atoms with Crippen LogP contribution in [0.25, 0.3) is 0 Å². The highest BCUT2D eigenvalue weighted by atomic mass is 16.2. The maximum absolute atomic E-state index is 13.1. The Balaban J connectivity index is 2.33. The van der Waals surface area contributed by atoms with E-state index in [0.717, 1.165) is 36.2 Å². The van der Waals surface area contributed by atoms with Gasteiger partial charge in [-0.1, -0.05) is 27.7 Å². The van der Waals surface area contributed by atoms with Gasteiger partial charge in [-0.15, -0.1) is 0 Å². The minimum Gasteiger partial charge on any atom is -0.377 e. The monoisotopic (exact) mass is 373 g/mol. The summed E-state index contributed by atoms with van der Waals surface area (Å²) in [6.07, 6.45) is 2.87. The van der Waals surface area contributed by atoms with Gasteiger partial charge in [0.15, 0.2) is 0 Å². The first-order valence-corrected chi connectivity index (χ1v) is 9.96. The molecule has 0 spiro atoms. The summed E-state index contributed by atoms with van der Waals surface area (Å²) < 4.78 is 0. The van der Waals surface area contributed by atoms with Gasteiger partial charge in [0.05, 0.1) is 0 Å². The van der Waals surface area contributed by atoms with Crippen molar-refractivity contribution in [1.82, 2.24) is 4.90 Å². The quantitative estimate of drug-likeness (QED) is 0.776. The summed E-state index contributed by atoms with van der Waals surface area (Å²) in [4.78, 5) is 29.2. The zero-order valence-corrected chi connectivity index (χ0v) is 17.9. The summed E-state index contributed by atoms with van der Waals surface area (Å²) in [6.45, 7) is 10.6. The van der Waals surface area contributed by atoms with Crippen LogP contribution in [0.2, 0.25) is 0 Å². The molecule has 27 heavy (non-hydrogen) atoms. The van der Waals surface area contributed by atoms with Crippen molar-refractivity contribution in [2.45, 2.75) is 66.5 Å². The maximum Gasteiger partial charge on any atom is 0.228 e. The molecule has 0 bridgehead atoms. The molecule has 1 aliphatic rings. The van der Waals surface area contributed by atoms with E-state index in [1.54, 1.807) is 0 Å². The number of benzene rings is 1. The fraction of sp³-hybridized carbons (Fsp3) is 0.636. The molecule has 1 aliphatic carbocycles. The van der Waals surface area contributed by atoms with E-state index in [1.807, 2.05) is 58.0 Å². The summed E-state index contributed by atoms with van der Waals surface area (Å²) in [7, 11) is 4.00. The van der Waals surface area contributed by atoms with Crippen LogP contribution in [0.3, 0.4) is 0 Å². The Kier molecular flexibility index (Phi) is 6.55. The number of hydrogen-bond acceptors (Lipinski definition) is 3. The minimum atomic E-state index is -0.431. The summed E-state index contributed by atoms with van der Waals surface area (Å²) in [5, 5.41) is 3.03. The molecule has 2 rings (SSSR count). The van der Waals surface area contributed by atoms with Gasteiger partial charge in [0.2, 0.25) is 11.8 Å². The maximum atomic E-state index is 13.1. The lowest BCUT2D eigenvalue weighted by molar-refractivity contribution is -0.142. The first kappa shape index (κ1) is 21.3. The Morgan fingerprint density at radius 3 is 2.33 bits per heavy atom. The molecule has 2 amide bonds.